The summed E-state index contributed by atoms with van der Waals surface area (Å²) in [5.74, 6) is 1.03. The number of hydrogen-bond acceptors (Lipinski definition) is 5. The van der Waals surface area contributed by atoms with Gasteiger partial charge in [0.2, 0.25) is 0 Å². The molecule has 3 aromatic rings. The summed E-state index contributed by atoms with van der Waals surface area (Å²) in [6, 6.07) is 17.4. The summed E-state index contributed by atoms with van der Waals surface area (Å²) in [6.45, 7) is 2.53. The van der Waals surface area contributed by atoms with Crippen molar-refractivity contribution in [3.05, 3.63) is 71.4 Å². The summed E-state index contributed by atoms with van der Waals surface area (Å²) in [6.07, 6.45) is 0. The number of rotatable bonds is 7. The van der Waals surface area contributed by atoms with Gasteiger partial charge in [0.25, 0.3) is 5.91 Å². The molecule has 0 spiro atoms. The molecule has 0 aliphatic rings. The average Bonchev–Trinajstić information content (AvgIpc) is 3.19. The third kappa shape index (κ3) is 4.58. The molecule has 1 aromatic heterocycles. The van der Waals surface area contributed by atoms with E-state index in [1.165, 1.54) is 5.56 Å². The Morgan fingerprint density at radius 3 is 2.43 bits per heavy atom. The Morgan fingerprint density at radius 1 is 1.14 bits per heavy atom. The lowest BCUT2D eigenvalue weighted by atomic mass is 10.0. The van der Waals surface area contributed by atoms with Gasteiger partial charge >= 0.3 is 0 Å². The van der Waals surface area contributed by atoms with Crippen LogP contribution < -0.4 is 10.1 Å². The van der Waals surface area contributed by atoms with Crippen molar-refractivity contribution in [3.8, 4) is 17.1 Å². The van der Waals surface area contributed by atoms with E-state index < -0.39 is 0 Å². The van der Waals surface area contributed by atoms with Crippen molar-refractivity contribution < 1.29 is 14.1 Å². The van der Waals surface area contributed by atoms with Crippen LogP contribution in [0.2, 0.25) is 0 Å². The van der Waals surface area contributed by atoms with E-state index in [0.29, 0.717) is 12.3 Å². The van der Waals surface area contributed by atoms with Crippen molar-refractivity contribution >= 4 is 5.91 Å². The molecule has 1 amide bonds. The number of hydrogen-bond donors (Lipinski definition) is 1. The molecular formula is C22H25N3O3. The lowest BCUT2D eigenvalue weighted by Crippen LogP contribution is -2.34. The van der Waals surface area contributed by atoms with Crippen molar-refractivity contribution in [2.45, 2.75) is 13.0 Å². The maximum absolute atomic E-state index is 12.5. The third-order valence-electron chi connectivity index (χ3n) is 4.66. The Labute approximate surface area is 165 Å². The van der Waals surface area contributed by atoms with E-state index >= 15 is 0 Å². The zero-order chi connectivity index (χ0) is 20.1. The minimum Gasteiger partial charge on any atom is -0.497 e. The molecule has 1 atom stereocenters. The lowest BCUT2D eigenvalue weighted by Gasteiger charge is -2.25. The Hall–Kier alpha value is -3.12. The number of carbonyl (C=O) groups excluding carboxylic acids is 1. The number of nitrogens with one attached hydrogen (secondary N) is 1. The van der Waals surface area contributed by atoms with Gasteiger partial charge < -0.3 is 19.5 Å². The average molecular weight is 379 g/mol. The molecule has 0 aliphatic carbocycles. The van der Waals surface area contributed by atoms with Crippen LogP contribution in [0.3, 0.4) is 0 Å². The highest BCUT2D eigenvalue weighted by atomic mass is 16.5. The Bertz CT molecular complexity index is 915. The maximum atomic E-state index is 12.5. The molecule has 0 saturated heterocycles. The number of ether oxygens (including phenoxy) is 1. The SMILES string of the molecule is COc1ccc(-c2cc(C(=O)NCC(c3ccc(C)cc3)N(C)C)no2)cc1. The van der Waals surface area contributed by atoms with Gasteiger partial charge in [-0.2, -0.15) is 0 Å². The number of amides is 1. The number of aryl methyl sites for hydroxylation is 1. The summed E-state index contributed by atoms with van der Waals surface area (Å²) in [4.78, 5) is 14.6. The minimum atomic E-state index is -0.262. The Kier molecular flexibility index (Phi) is 6.11. The van der Waals surface area contributed by atoms with E-state index in [0.717, 1.165) is 16.9 Å². The zero-order valence-electron chi connectivity index (χ0n) is 16.6. The number of benzene rings is 2. The second kappa shape index (κ2) is 8.71. The van der Waals surface area contributed by atoms with E-state index in [9.17, 15) is 4.79 Å². The number of aromatic nitrogens is 1. The first-order valence-corrected chi connectivity index (χ1v) is 9.10. The molecule has 6 nitrogen and oxygen atoms in total. The van der Waals surface area contributed by atoms with Crippen LogP contribution in [0.1, 0.15) is 27.7 Å². The molecule has 1 heterocycles. The first kappa shape index (κ1) is 19.6. The predicted molar refractivity (Wildman–Crippen MR) is 108 cm³/mol. The molecule has 1 unspecified atom stereocenters. The lowest BCUT2D eigenvalue weighted by molar-refractivity contribution is 0.0933. The topological polar surface area (TPSA) is 67.6 Å². The third-order valence-corrected chi connectivity index (χ3v) is 4.66. The molecule has 0 saturated carbocycles. The van der Waals surface area contributed by atoms with Crippen LogP contribution in [0.5, 0.6) is 5.75 Å². The second-order valence-electron chi connectivity index (χ2n) is 6.91. The van der Waals surface area contributed by atoms with Gasteiger partial charge in [0.05, 0.1) is 13.2 Å². The van der Waals surface area contributed by atoms with Crippen LogP contribution >= 0.6 is 0 Å². The molecule has 2 aromatic carbocycles. The normalized spacial score (nSPS) is 12.0. The second-order valence-corrected chi connectivity index (χ2v) is 6.91. The van der Waals surface area contributed by atoms with Gasteiger partial charge in [0, 0.05) is 18.2 Å². The van der Waals surface area contributed by atoms with Crippen molar-refractivity contribution in [2.24, 2.45) is 0 Å². The summed E-state index contributed by atoms with van der Waals surface area (Å²) in [5, 5.41) is 6.86. The quantitative estimate of drug-likeness (QED) is 0.678. The fourth-order valence-corrected chi connectivity index (χ4v) is 2.94. The molecule has 6 heteroatoms. The van der Waals surface area contributed by atoms with Crippen LogP contribution in [-0.2, 0) is 0 Å². The molecule has 0 aliphatic heterocycles. The van der Waals surface area contributed by atoms with Gasteiger partial charge in [-0.1, -0.05) is 35.0 Å². The van der Waals surface area contributed by atoms with Crippen LogP contribution in [0.4, 0.5) is 0 Å². The van der Waals surface area contributed by atoms with E-state index in [2.05, 4.69) is 46.6 Å². The smallest absolute Gasteiger partial charge is 0.273 e. The molecule has 146 valence electrons. The van der Waals surface area contributed by atoms with E-state index in [1.807, 2.05) is 38.4 Å². The highest BCUT2D eigenvalue weighted by Gasteiger charge is 2.18. The highest BCUT2D eigenvalue weighted by Crippen LogP contribution is 2.23. The largest absolute Gasteiger partial charge is 0.497 e. The molecular weight excluding hydrogens is 354 g/mol. The minimum absolute atomic E-state index is 0.0671. The first-order chi connectivity index (χ1) is 13.5. The fourth-order valence-electron chi connectivity index (χ4n) is 2.94. The van der Waals surface area contributed by atoms with Crippen LogP contribution in [0.15, 0.2) is 59.1 Å². The Balaban J connectivity index is 1.67. The number of likely N-dealkylation sites (N-methyl/N-ethyl adjacent to an activating group) is 1. The van der Waals surface area contributed by atoms with Gasteiger partial charge in [-0.15, -0.1) is 0 Å². The van der Waals surface area contributed by atoms with Crippen LogP contribution in [-0.4, -0.2) is 43.7 Å². The highest BCUT2D eigenvalue weighted by molar-refractivity contribution is 5.93. The van der Waals surface area contributed by atoms with Gasteiger partial charge in [-0.3, -0.25) is 4.79 Å². The Morgan fingerprint density at radius 2 is 1.82 bits per heavy atom. The van der Waals surface area contributed by atoms with Gasteiger partial charge in [0.1, 0.15) is 5.75 Å². The van der Waals surface area contributed by atoms with Gasteiger partial charge in [-0.25, -0.2) is 0 Å². The summed E-state index contributed by atoms with van der Waals surface area (Å²) >= 11 is 0. The van der Waals surface area contributed by atoms with E-state index in [1.54, 1.807) is 13.2 Å². The summed E-state index contributed by atoms with van der Waals surface area (Å²) < 4.78 is 10.5. The number of nitrogens with zero attached hydrogens (tertiary/aromatic N) is 2. The van der Waals surface area contributed by atoms with Crippen LogP contribution in [0, 0.1) is 6.92 Å². The van der Waals surface area contributed by atoms with E-state index in [-0.39, 0.29) is 17.6 Å². The first-order valence-electron chi connectivity index (χ1n) is 9.10. The maximum Gasteiger partial charge on any atom is 0.273 e. The molecule has 0 fully saturated rings. The summed E-state index contributed by atoms with van der Waals surface area (Å²) in [5.41, 5.74) is 3.44. The summed E-state index contributed by atoms with van der Waals surface area (Å²) in [7, 11) is 5.60. The standard InChI is InChI=1S/C22H25N3O3/c1-15-5-7-16(8-6-15)20(25(2)3)14-23-22(26)19-13-21(28-24-19)17-9-11-18(27-4)12-10-17/h5-13,20H,14H2,1-4H3,(H,23,26). The monoisotopic (exact) mass is 379 g/mol. The number of methoxy groups -OCH3 is 1. The van der Waals surface area contributed by atoms with Crippen molar-refractivity contribution in [1.82, 2.24) is 15.4 Å². The van der Waals surface area contributed by atoms with Crippen molar-refractivity contribution in [1.29, 1.82) is 0 Å². The van der Waals surface area contributed by atoms with Gasteiger partial charge in [-0.05, 0) is 50.8 Å². The molecule has 3 rings (SSSR count). The zero-order valence-corrected chi connectivity index (χ0v) is 16.6. The van der Waals surface area contributed by atoms with Crippen LogP contribution in [0.25, 0.3) is 11.3 Å². The molecule has 0 bridgehead atoms. The molecule has 1 N–H and O–H groups in total. The predicted octanol–water partition coefficient (Wildman–Crippen LogP) is 3.69. The van der Waals surface area contributed by atoms with Gasteiger partial charge in [0.15, 0.2) is 11.5 Å². The van der Waals surface area contributed by atoms with Crippen molar-refractivity contribution in [3.63, 3.8) is 0 Å². The molecule has 28 heavy (non-hydrogen) atoms. The van der Waals surface area contributed by atoms with Crippen molar-refractivity contribution in [2.75, 3.05) is 27.7 Å². The molecule has 0 radical (unpaired) electrons. The van der Waals surface area contributed by atoms with E-state index in [4.69, 9.17) is 9.26 Å². The fraction of sp³-hybridized carbons (Fsp3) is 0.273. The number of carbonyl (C=O) groups is 1.